The molecule has 0 saturated carbocycles. The third-order valence-corrected chi connectivity index (χ3v) is 2.83. The van der Waals surface area contributed by atoms with E-state index in [-0.39, 0.29) is 12.5 Å². The van der Waals surface area contributed by atoms with Gasteiger partial charge in [-0.3, -0.25) is 4.79 Å². The van der Waals surface area contributed by atoms with Gasteiger partial charge in [-0.1, -0.05) is 5.92 Å². The van der Waals surface area contributed by atoms with Crippen LogP contribution in [0.2, 0.25) is 0 Å². The number of thioether (sulfide) groups is 1. The van der Waals surface area contributed by atoms with Crippen molar-refractivity contribution in [1.82, 2.24) is 5.32 Å². The quantitative estimate of drug-likeness (QED) is 0.621. The van der Waals surface area contributed by atoms with Gasteiger partial charge < -0.3 is 10.1 Å². The number of carbonyl (C=O) groups excluding carboxylic acids is 1. The average molecular weight is 235 g/mol. The SMILES string of the molecule is C#CCNC(=O)CSc1ccc(OC)cc1. The van der Waals surface area contributed by atoms with Crippen molar-refractivity contribution in [2.24, 2.45) is 0 Å². The summed E-state index contributed by atoms with van der Waals surface area (Å²) in [4.78, 5) is 12.3. The van der Waals surface area contributed by atoms with Gasteiger partial charge >= 0.3 is 0 Å². The van der Waals surface area contributed by atoms with E-state index in [2.05, 4.69) is 11.2 Å². The lowest BCUT2D eigenvalue weighted by atomic mass is 10.3. The third kappa shape index (κ3) is 4.28. The highest BCUT2D eigenvalue weighted by molar-refractivity contribution is 8.00. The molecule has 1 N–H and O–H groups in total. The van der Waals surface area contributed by atoms with Crippen LogP contribution < -0.4 is 10.1 Å². The Hall–Kier alpha value is -1.60. The molecular formula is C12H13NO2S. The van der Waals surface area contributed by atoms with Crippen LogP contribution in [0.5, 0.6) is 5.75 Å². The number of hydrogen-bond donors (Lipinski definition) is 1. The minimum absolute atomic E-state index is 0.0567. The van der Waals surface area contributed by atoms with Crippen LogP contribution in [0, 0.1) is 12.3 Å². The summed E-state index contributed by atoms with van der Waals surface area (Å²) in [6.45, 7) is 0.280. The molecule has 0 aromatic heterocycles. The highest BCUT2D eigenvalue weighted by atomic mass is 32.2. The van der Waals surface area contributed by atoms with E-state index in [1.807, 2.05) is 24.3 Å². The van der Waals surface area contributed by atoms with Crippen LogP contribution >= 0.6 is 11.8 Å². The smallest absolute Gasteiger partial charge is 0.231 e. The number of rotatable bonds is 5. The van der Waals surface area contributed by atoms with Gasteiger partial charge in [-0.05, 0) is 24.3 Å². The largest absolute Gasteiger partial charge is 0.497 e. The first-order valence-electron chi connectivity index (χ1n) is 4.73. The Labute approximate surface area is 99.6 Å². The molecule has 0 aliphatic rings. The summed E-state index contributed by atoms with van der Waals surface area (Å²) in [6.07, 6.45) is 5.03. The second-order valence-corrected chi connectivity index (χ2v) is 3.99. The lowest BCUT2D eigenvalue weighted by Crippen LogP contribution is -2.25. The lowest BCUT2D eigenvalue weighted by Gasteiger charge is -2.03. The molecular weight excluding hydrogens is 222 g/mol. The lowest BCUT2D eigenvalue weighted by molar-refractivity contribution is -0.118. The zero-order valence-corrected chi connectivity index (χ0v) is 9.84. The zero-order valence-electron chi connectivity index (χ0n) is 9.03. The molecule has 0 aliphatic heterocycles. The molecule has 1 amide bonds. The van der Waals surface area contributed by atoms with E-state index in [9.17, 15) is 4.79 Å². The van der Waals surface area contributed by atoms with Crippen LogP contribution in [0.4, 0.5) is 0 Å². The van der Waals surface area contributed by atoms with E-state index in [0.29, 0.717) is 5.75 Å². The van der Waals surface area contributed by atoms with Crippen molar-refractivity contribution in [2.75, 3.05) is 19.4 Å². The summed E-state index contributed by atoms with van der Waals surface area (Å²) in [6, 6.07) is 7.55. The van der Waals surface area contributed by atoms with Gasteiger partial charge in [-0.2, -0.15) is 0 Å². The topological polar surface area (TPSA) is 38.3 Å². The summed E-state index contributed by atoms with van der Waals surface area (Å²) < 4.78 is 5.04. The maximum absolute atomic E-state index is 11.2. The number of methoxy groups -OCH3 is 1. The van der Waals surface area contributed by atoms with E-state index in [4.69, 9.17) is 11.2 Å². The molecule has 0 aliphatic carbocycles. The molecule has 0 radical (unpaired) electrons. The minimum atomic E-state index is -0.0567. The fourth-order valence-corrected chi connectivity index (χ4v) is 1.75. The number of ether oxygens (including phenoxy) is 1. The molecule has 3 nitrogen and oxygen atoms in total. The Morgan fingerprint density at radius 2 is 2.19 bits per heavy atom. The second-order valence-electron chi connectivity index (χ2n) is 2.95. The molecule has 0 saturated heterocycles. The van der Waals surface area contributed by atoms with Crippen LogP contribution in [0.3, 0.4) is 0 Å². The Kier molecular flexibility index (Phi) is 5.30. The maximum atomic E-state index is 11.2. The van der Waals surface area contributed by atoms with Crippen molar-refractivity contribution < 1.29 is 9.53 Å². The van der Waals surface area contributed by atoms with Gasteiger partial charge in [0.25, 0.3) is 0 Å². The molecule has 1 aromatic rings. The van der Waals surface area contributed by atoms with Gasteiger partial charge in [0, 0.05) is 4.90 Å². The van der Waals surface area contributed by atoms with Gasteiger partial charge in [0.05, 0.1) is 19.4 Å². The van der Waals surface area contributed by atoms with Crippen molar-refractivity contribution in [3.05, 3.63) is 24.3 Å². The molecule has 0 bridgehead atoms. The fourth-order valence-electron chi connectivity index (χ4n) is 1.02. The second kappa shape index (κ2) is 6.81. The van der Waals surface area contributed by atoms with Crippen molar-refractivity contribution >= 4 is 17.7 Å². The maximum Gasteiger partial charge on any atom is 0.231 e. The average Bonchev–Trinajstić information content (AvgIpc) is 2.34. The number of nitrogens with one attached hydrogen (secondary N) is 1. The summed E-state index contributed by atoms with van der Waals surface area (Å²) in [5.74, 6) is 3.47. The molecule has 0 spiro atoms. The van der Waals surface area contributed by atoms with E-state index < -0.39 is 0 Å². The van der Waals surface area contributed by atoms with Gasteiger partial charge in [0.2, 0.25) is 5.91 Å². The Morgan fingerprint density at radius 3 is 2.75 bits per heavy atom. The number of carbonyl (C=O) groups is 1. The first kappa shape index (κ1) is 12.5. The van der Waals surface area contributed by atoms with Crippen molar-refractivity contribution in [3.63, 3.8) is 0 Å². The number of terminal acetylenes is 1. The van der Waals surface area contributed by atoms with Crippen molar-refractivity contribution in [2.45, 2.75) is 4.90 Å². The Bertz CT molecular complexity index is 381. The Balaban J connectivity index is 2.37. The molecule has 84 valence electrons. The number of amides is 1. The molecule has 1 aromatic carbocycles. The van der Waals surface area contributed by atoms with Gasteiger partial charge in [-0.25, -0.2) is 0 Å². The highest BCUT2D eigenvalue weighted by Gasteiger charge is 2.01. The third-order valence-electron chi connectivity index (χ3n) is 1.82. The number of benzene rings is 1. The molecule has 4 heteroatoms. The van der Waals surface area contributed by atoms with Crippen LogP contribution in [0.15, 0.2) is 29.2 Å². The van der Waals surface area contributed by atoms with Gasteiger partial charge in [-0.15, -0.1) is 18.2 Å². The van der Waals surface area contributed by atoms with Crippen LogP contribution in [-0.4, -0.2) is 25.3 Å². The highest BCUT2D eigenvalue weighted by Crippen LogP contribution is 2.20. The van der Waals surface area contributed by atoms with Crippen LogP contribution in [0.25, 0.3) is 0 Å². The summed E-state index contributed by atoms with van der Waals surface area (Å²) in [5, 5.41) is 2.60. The van der Waals surface area contributed by atoms with Crippen molar-refractivity contribution in [1.29, 1.82) is 0 Å². The fraction of sp³-hybridized carbons (Fsp3) is 0.250. The first-order valence-corrected chi connectivity index (χ1v) is 5.72. The van der Waals surface area contributed by atoms with Gasteiger partial charge in [0.15, 0.2) is 0 Å². The monoisotopic (exact) mass is 235 g/mol. The summed E-state index contributed by atoms with van der Waals surface area (Å²) in [5.41, 5.74) is 0. The van der Waals surface area contributed by atoms with E-state index in [1.54, 1.807) is 7.11 Å². The minimum Gasteiger partial charge on any atom is -0.497 e. The van der Waals surface area contributed by atoms with E-state index in [1.165, 1.54) is 11.8 Å². The van der Waals surface area contributed by atoms with E-state index in [0.717, 1.165) is 10.6 Å². The molecule has 0 unspecified atom stereocenters. The summed E-state index contributed by atoms with van der Waals surface area (Å²) in [7, 11) is 1.62. The van der Waals surface area contributed by atoms with Gasteiger partial charge in [0.1, 0.15) is 5.75 Å². The predicted octanol–water partition coefficient (Wildman–Crippen LogP) is 1.54. The molecule has 0 atom stereocenters. The molecule has 16 heavy (non-hydrogen) atoms. The van der Waals surface area contributed by atoms with Crippen LogP contribution in [-0.2, 0) is 4.79 Å². The normalized spacial score (nSPS) is 9.25. The number of hydrogen-bond acceptors (Lipinski definition) is 3. The van der Waals surface area contributed by atoms with Crippen LogP contribution in [0.1, 0.15) is 0 Å². The summed E-state index contributed by atoms with van der Waals surface area (Å²) >= 11 is 1.46. The molecule has 0 heterocycles. The molecule has 0 fully saturated rings. The van der Waals surface area contributed by atoms with Crippen molar-refractivity contribution in [3.8, 4) is 18.1 Å². The molecule has 1 rings (SSSR count). The standard InChI is InChI=1S/C12H13NO2S/c1-3-8-13-12(14)9-16-11-6-4-10(15-2)5-7-11/h1,4-7H,8-9H2,2H3,(H,13,14). The van der Waals surface area contributed by atoms with E-state index >= 15 is 0 Å². The zero-order chi connectivity index (χ0) is 11.8. The first-order chi connectivity index (χ1) is 7.76. The predicted molar refractivity (Wildman–Crippen MR) is 65.6 cm³/mol. The Morgan fingerprint density at radius 1 is 1.50 bits per heavy atom.